The third kappa shape index (κ3) is 3.73. The molecule has 1 aromatic carbocycles. The molecular formula is C18H17BrClN5O. The maximum atomic E-state index is 6.10. The number of aromatic nitrogens is 4. The number of halogens is 2. The zero-order valence-corrected chi connectivity index (χ0v) is 16.5. The molecule has 0 radical (unpaired) electrons. The molecular weight excluding hydrogens is 418 g/mol. The van der Waals surface area contributed by atoms with Gasteiger partial charge in [0.25, 0.3) is 0 Å². The molecule has 3 aromatic rings. The summed E-state index contributed by atoms with van der Waals surface area (Å²) in [6, 6.07) is 9.92. The van der Waals surface area contributed by atoms with Gasteiger partial charge in [0.15, 0.2) is 5.82 Å². The predicted octanol–water partition coefficient (Wildman–Crippen LogP) is 4.52. The Kier molecular flexibility index (Phi) is 4.91. The van der Waals surface area contributed by atoms with Gasteiger partial charge >= 0.3 is 0 Å². The van der Waals surface area contributed by atoms with E-state index in [1.54, 1.807) is 6.07 Å². The van der Waals surface area contributed by atoms with E-state index in [4.69, 9.17) is 16.1 Å². The number of anilines is 1. The molecule has 0 amide bonds. The molecule has 1 aliphatic heterocycles. The highest BCUT2D eigenvalue weighted by Crippen LogP contribution is 2.35. The maximum Gasteiger partial charge on any atom is 0.249 e. The lowest BCUT2D eigenvalue weighted by atomic mass is 10.1. The molecule has 1 fully saturated rings. The van der Waals surface area contributed by atoms with Crippen molar-refractivity contribution in [1.29, 1.82) is 0 Å². The van der Waals surface area contributed by atoms with E-state index in [1.165, 1.54) is 0 Å². The summed E-state index contributed by atoms with van der Waals surface area (Å²) in [5.41, 5.74) is 1.14. The van der Waals surface area contributed by atoms with Crippen LogP contribution in [0.25, 0.3) is 0 Å². The van der Waals surface area contributed by atoms with Crippen LogP contribution in [0.4, 0.5) is 5.82 Å². The van der Waals surface area contributed by atoms with Gasteiger partial charge in [0.1, 0.15) is 22.8 Å². The van der Waals surface area contributed by atoms with Gasteiger partial charge in [-0.3, -0.25) is 0 Å². The van der Waals surface area contributed by atoms with E-state index >= 15 is 0 Å². The monoisotopic (exact) mass is 433 g/mol. The largest absolute Gasteiger partial charge is 0.344 e. The van der Waals surface area contributed by atoms with Gasteiger partial charge in [0, 0.05) is 23.5 Å². The number of rotatable bonds is 4. The number of hydrogen-bond donors (Lipinski definition) is 0. The second-order valence-corrected chi connectivity index (χ2v) is 7.60. The maximum absolute atomic E-state index is 6.10. The van der Waals surface area contributed by atoms with Crippen molar-refractivity contribution < 1.29 is 4.52 Å². The van der Waals surface area contributed by atoms with E-state index in [2.05, 4.69) is 40.9 Å². The first-order valence-corrected chi connectivity index (χ1v) is 9.60. The molecule has 4 rings (SSSR count). The number of aryl methyl sites for hydroxylation is 1. The summed E-state index contributed by atoms with van der Waals surface area (Å²) in [4.78, 5) is 15.4. The zero-order chi connectivity index (χ0) is 18.1. The van der Waals surface area contributed by atoms with Crippen LogP contribution in [0, 0.1) is 6.92 Å². The van der Waals surface area contributed by atoms with Crippen molar-refractivity contribution in [2.24, 2.45) is 0 Å². The van der Waals surface area contributed by atoms with Crippen molar-refractivity contribution in [3.63, 3.8) is 0 Å². The standard InChI is InChI=1S/C18H17BrClN5O/c1-11-21-15(20)10-17(22-11)25-8-2-3-14(25)18-23-16(24-26-18)9-12-4-6-13(19)7-5-12/h4-7,10,14H,2-3,8-9H2,1H3. The fourth-order valence-corrected chi connectivity index (χ4v) is 3.70. The van der Waals surface area contributed by atoms with Crippen molar-refractivity contribution in [2.45, 2.75) is 32.2 Å². The number of nitrogens with zero attached hydrogens (tertiary/aromatic N) is 5. The Morgan fingerprint density at radius 3 is 2.81 bits per heavy atom. The molecule has 1 atom stereocenters. The first-order chi connectivity index (χ1) is 12.6. The van der Waals surface area contributed by atoms with E-state index < -0.39 is 0 Å². The summed E-state index contributed by atoms with van der Waals surface area (Å²) in [7, 11) is 0. The van der Waals surface area contributed by atoms with E-state index in [0.29, 0.717) is 29.1 Å². The molecule has 134 valence electrons. The first-order valence-electron chi connectivity index (χ1n) is 8.43. The van der Waals surface area contributed by atoms with Crippen LogP contribution < -0.4 is 4.90 Å². The van der Waals surface area contributed by atoms with Crippen LogP contribution in [-0.4, -0.2) is 26.7 Å². The van der Waals surface area contributed by atoms with Crippen LogP contribution in [-0.2, 0) is 6.42 Å². The summed E-state index contributed by atoms with van der Waals surface area (Å²) >= 11 is 9.54. The Morgan fingerprint density at radius 1 is 1.23 bits per heavy atom. The quantitative estimate of drug-likeness (QED) is 0.563. The van der Waals surface area contributed by atoms with Crippen LogP contribution >= 0.6 is 27.5 Å². The van der Waals surface area contributed by atoms with E-state index in [1.807, 2.05) is 31.2 Å². The Morgan fingerprint density at radius 2 is 2.04 bits per heavy atom. The topological polar surface area (TPSA) is 67.9 Å². The molecule has 2 aromatic heterocycles. The second-order valence-electron chi connectivity index (χ2n) is 6.30. The van der Waals surface area contributed by atoms with Gasteiger partial charge in [-0.25, -0.2) is 9.97 Å². The Labute approximate surface area is 164 Å². The number of benzene rings is 1. The average Bonchev–Trinajstić information content (AvgIpc) is 3.25. The molecule has 1 unspecified atom stereocenters. The highest BCUT2D eigenvalue weighted by molar-refractivity contribution is 9.10. The first kappa shape index (κ1) is 17.4. The summed E-state index contributed by atoms with van der Waals surface area (Å²) < 4.78 is 6.62. The van der Waals surface area contributed by atoms with Crippen molar-refractivity contribution in [2.75, 3.05) is 11.4 Å². The van der Waals surface area contributed by atoms with Crippen molar-refractivity contribution in [3.05, 3.63) is 63.1 Å². The molecule has 0 saturated carbocycles. The third-order valence-electron chi connectivity index (χ3n) is 4.38. The molecule has 1 aliphatic rings. The minimum absolute atomic E-state index is 0.0199. The van der Waals surface area contributed by atoms with Crippen molar-refractivity contribution in [1.82, 2.24) is 20.1 Å². The third-order valence-corrected chi connectivity index (χ3v) is 5.11. The van der Waals surface area contributed by atoms with Crippen molar-refractivity contribution in [3.8, 4) is 0 Å². The Bertz CT molecular complexity index is 894. The smallest absolute Gasteiger partial charge is 0.249 e. The lowest BCUT2D eigenvalue weighted by Gasteiger charge is -2.23. The molecule has 26 heavy (non-hydrogen) atoms. The van der Waals surface area contributed by atoms with E-state index in [0.717, 1.165) is 35.2 Å². The average molecular weight is 435 g/mol. The van der Waals surface area contributed by atoms with Gasteiger partial charge in [-0.05, 0) is 37.5 Å². The predicted molar refractivity (Wildman–Crippen MR) is 102 cm³/mol. The van der Waals surface area contributed by atoms with Gasteiger partial charge in [-0.2, -0.15) is 4.98 Å². The second kappa shape index (κ2) is 7.32. The molecule has 3 heterocycles. The Hall–Kier alpha value is -1.99. The highest BCUT2D eigenvalue weighted by Gasteiger charge is 2.32. The summed E-state index contributed by atoms with van der Waals surface area (Å²) in [5.74, 6) is 2.77. The van der Waals surface area contributed by atoms with E-state index in [9.17, 15) is 0 Å². The fourth-order valence-electron chi connectivity index (χ4n) is 3.22. The van der Waals surface area contributed by atoms with Gasteiger partial charge in [-0.15, -0.1) is 0 Å². The molecule has 0 N–H and O–H groups in total. The molecule has 0 spiro atoms. The van der Waals surface area contributed by atoms with Gasteiger partial charge in [-0.1, -0.05) is 44.8 Å². The lowest BCUT2D eigenvalue weighted by molar-refractivity contribution is 0.351. The zero-order valence-electron chi connectivity index (χ0n) is 14.2. The van der Waals surface area contributed by atoms with Crippen molar-refractivity contribution >= 4 is 33.3 Å². The normalized spacial score (nSPS) is 17.0. The van der Waals surface area contributed by atoms with Gasteiger partial charge in [0.05, 0.1) is 0 Å². The Balaban J connectivity index is 1.55. The minimum atomic E-state index is 0.0199. The lowest BCUT2D eigenvalue weighted by Crippen LogP contribution is -2.24. The molecule has 0 bridgehead atoms. The summed E-state index contributed by atoms with van der Waals surface area (Å²) in [5, 5.41) is 4.60. The SMILES string of the molecule is Cc1nc(Cl)cc(N2CCCC2c2nc(Cc3ccc(Br)cc3)no2)n1. The number of hydrogen-bond acceptors (Lipinski definition) is 6. The summed E-state index contributed by atoms with van der Waals surface area (Å²) in [6.45, 7) is 2.71. The van der Waals surface area contributed by atoms with Crippen LogP contribution in [0.3, 0.4) is 0 Å². The minimum Gasteiger partial charge on any atom is -0.344 e. The van der Waals surface area contributed by atoms with Crippen LogP contribution in [0.1, 0.15) is 42.0 Å². The molecule has 6 nitrogen and oxygen atoms in total. The van der Waals surface area contributed by atoms with Gasteiger partial charge in [0.2, 0.25) is 5.89 Å². The van der Waals surface area contributed by atoms with Gasteiger partial charge < -0.3 is 9.42 Å². The summed E-state index contributed by atoms with van der Waals surface area (Å²) in [6.07, 6.45) is 2.62. The molecule has 0 aliphatic carbocycles. The van der Waals surface area contributed by atoms with Crippen LogP contribution in [0.15, 0.2) is 39.3 Å². The van der Waals surface area contributed by atoms with Crippen LogP contribution in [0.2, 0.25) is 5.15 Å². The highest BCUT2D eigenvalue weighted by atomic mass is 79.9. The molecule has 1 saturated heterocycles. The van der Waals surface area contributed by atoms with E-state index in [-0.39, 0.29) is 6.04 Å². The fraction of sp³-hybridized carbons (Fsp3) is 0.333. The van der Waals surface area contributed by atoms with Crippen LogP contribution in [0.5, 0.6) is 0 Å². The molecule has 8 heteroatoms.